The molecule has 0 saturated carbocycles. The van der Waals surface area contributed by atoms with Crippen molar-refractivity contribution in [3.8, 4) is 0 Å². The molecule has 2 N–H and O–H groups in total. The molecule has 10 heteroatoms. The quantitative estimate of drug-likeness (QED) is 0.711. The smallest absolute Gasteiger partial charge is 0.410 e. The lowest BCUT2D eigenvalue weighted by Crippen LogP contribution is -2.40. The molecule has 2 aromatic rings. The molecule has 1 aliphatic rings. The third-order valence-corrected chi connectivity index (χ3v) is 5.00. The molecule has 0 aliphatic carbocycles. The van der Waals surface area contributed by atoms with Crippen molar-refractivity contribution in [3.05, 3.63) is 39.5 Å². The summed E-state index contributed by atoms with van der Waals surface area (Å²) in [5.41, 5.74) is 1.56. The minimum Gasteiger partial charge on any atom is -0.444 e. The molecule has 8 nitrogen and oxygen atoms in total. The summed E-state index contributed by atoms with van der Waals surface area (Å²) in [5, 5.41) is 10.7. The lowest BCUT2D eigenvalue weighted by Gasteiger charge is -2.29. The van der Waals surface area contributed by atoms with Gasteiger partial charge in [0.2, 0.25) is 0 Å². The lowest BCUT2D eigenvalue weighted by atomic mass is 10.1. The standard InChI is InChI=1S/C19H23Cl2N5O3/c1-19(2,3)29-18(28)26-8-7-15-12(10-26)16(25(4)24-15)23-17(27)22-11-5-6-13(20)14(21)9-11/h5-6,9H,7-8,10H2,1-4H3,(H2,22,23,27). The number of nitrogens with one attached hydrogen (secondary N) is 2. The van der Waals surface area contributed by atoms with E-state index in [0.717, 1.165) is 11.3 Å². The van der Waals surface area contributed by atoms with Gasteiger partial charge in [0.25, 0.3) is 0 Å². The number of rotatable bonds is 2. The van der Waals surface area contributed by atoms with Crippen molar-refractivity contribution in [2.75, 3.05) is 17.2 Å². The Morgan fingerprint density at radius 2 is 1.90 bits per heavy atom. The number of nitrogens with zero attached hydrogens (tertiary/aromatic N) is 3. The Bertz CT molecular complexity index is 952. The van der Waals surface area contributed by atoms with Crippen LogP contribution in [0.25, 0.3) is 0 Å². The van der Waals surface area contributed by atoms with Crippen molar-refractivity contribution < 1.29 is 14.3 Å². The maximum Gasteiger partial charge on any atom is 0.410 e. The van der Waals surface area contributed by atoms with Crippen molar-refractivity contribution in [2.45, 2.75) is 39.3 Å². The Morgan fingerprint density at radius 1 is 1.17 bits per heavy atom. The number of carbonyl (C=O) groups is 2. The molecule has 0 radical (unpaired) electrons. The van der Waals surface area contributed by atoms with Gasteiger partial charge in [0.05, 0.1) is 22.3 Å². The van der Waals surface area contributed by atoms with Crippen LogP contribution in [0.5, 0.6) is 0 Å². The number of fused-ring (bicyclic) bond motifs is 1. The number of hydrogen-bond donors (Lipinski definition) is 2. The Hall–Kier alpha value is -2.45. The second kappa shape index (κ2) is 8.12. The number of urea groups is 1. The van der Waals surface area contributed by atoms with Gasteiger partial charge in [-0.25, -0.2) is 9.59 Å². The molecule has 0 atom stereocenters. The van der Waals surface area contributed by atoms with E-state index >= 15 is 0 Å². The molecule has 3 amide bonds. The van der Waals surface area contributed by atoms with Gasteiger partial charge in [-0.05, 0) is 39.0 Å². The Morgan fingerprint density at radius 3 is 2.55 bits per heavy atom. The van der Waals surface area contributed by atoms with Crippen LogP contribution in [0.15, 0.2) is 18.2 Å². The molecule has 0 spiro atoms. The molecular formula is C19H23Cl2N5O3. The van der Waals surface area contributed by atoms with Crippen LogP contribution in [-0.2, 0) is 24.8 Å². The molecule has 0 bridgehead atoms. The van der Waals surface area contributed by atoms with Crippen LogP contribution < -0.4 is 10.6 Å². The molecule has 2 heterocycles. The molecule has 0 unspecified atom stereocenters. The summed E-state index contributed by atoms with van der Waals surface area (Å²) in [6, 6.07) is 4.36. The predicted octanol–water partition coefficient (Wildman–Crippen LogP) is 4.66. The van der Waals surface area contributed by atoms with Gasteiger partial charge < -0.3 is 15.0 Å². The number of aryl methyl sites for hydroxylation is 1. The monoisotopic (exact) mass is 439 g/mol. The zero-order chi connectivity index (χ0) is 21.3. The van der Waals surface area contributed by atoms with Crippen molar-refractivity contribution in [1.29, 1.82) is 0 Å². The summed E-state index contributed by atoms with van der Waals surface area (Å²) in [6.45, 7) is 6.29. The number of halogens is 2. The van der Waals surface area contributed by atoms with Crippen molar-refractivity contribution in [3.63, 3.8) is 0 Å². The Balaban J connectivity index is 1.73. The summed E-state index contributed by atoms with van der Waals surface area (Å²) < 4.78 is 7.05. The maximum atomic E-state index is 12.5. The second-order valence-electron chi connectivity index (χ2n) is 7.76. The summed E-state index contributed by atoms with van der Waals surface area (Å²) >= 11 is 11.9. The van der Waals surface area contributed by atoms with Crippen LogP contribution in [0, 0.1) is 0 Å². The van der Waals surface area contributed by atoms with E-state index in [2.05, 4.69) is 15.7 Å². The van der Waals surface area contributed by atoms with Gasteiger partial charge in [0.1, 0.15) is 11.4 Å². The highest BCUT2D eigenvalue weighted by atomic mass is 35.5. The topological polar surface area (TPSA) is 88.5 Å². The first-order valence-corrected chi connectivity index (χ1v) is 9.85. The van der Waals surface area contributed by atoms with Gasteiger partial charge in [0, 0.05) is 31.3 Å². The molecule has 0 saturated heterocycles. The van der Waals surface area contributed by atoms with Gasteiger partial charge in [-0.1, -0.05) is 23.2 Å². The van der Waals surface area contributed by atoms with Crippen LogP contribution >= 0.6 is 23.2 Å². The van der Waals surface area contributed by atoms with E-state index in [0.29, 0.717) is 41.1 Å². The van der Waals surface area contributed by atoms with E-state index < -0.39 is 17.7 Å². The third-order valence-electron chi connectivity index (χ3n) is 4.26. The van der Waals surface area contributed by atoms with Crippen molar-refractivity contribution in [2.24, 2.45) is 7.05 Å². The molecule has 1 aliphatic heterocycles. The summed E-state index contributed by atoms with van der Waals surface area (Å²) in [5.74, 6) is 0.519. The molecule has 1 aromatic heterocycles. The highest BCUT2D eigenvalue weighted by Gasteiger charge is 2.30. The zero-order valence-electron chi connectivity index (χ0n) is 16.7. The molecule has 3 rings (SSSR count). The van der Waals surface area contributed by atoms with E-state index in [1.54, 1.807) is 34.8 Å². The summed E-state index contributed by atoms with van der Waals surface area (Å²) in [4.78, 5) is 26.5. The fourth-order valence-electron chi connectivity index (χ4n) is 2.98. The Labute approximate surface area is 179 Å². The van der Waals surface area contributed by atoms with Gasteiger partial charge in [-0.2, -0.15) is 5.10 Å². The van der Waals surface area contributed by atoms with E-state index in [4.69, 9.17) is 27.9 Å². The van der Waals surface area contributed by atoms with Gasteiger partial charge in [0.15, 0.2) is 0 Å². The highest BCUT2D eigenvalue weighted by molar-refractivity contribution is 6.42. The first kappa shape index (κ1) is 21.3. The number of ether oxygens (including phenoxy) is 1. The van der Waals surface area contributed by atoms with Crippen LogP contribution in [0.2, 0.25) is 10.0 Å². The molecule has 29 heavy (non-hydrogen) atoms. The van der Waals surface area contributed by atoms with Gasteiger partial charge in [-0.15, -0.1) is 0 Å². The number of anilines is 2. The average Bonchev–Trinajstić information content (AvgIpc) is 2.91. The normalized spacial score (nSPS) is 13.7. The second-order valence-corrected chi connectivity index (χ2v) is 8.57. The van der Waals surface area contributed by atoms with E-state index in [-0.39, 0.29) is 0 Å². The van der Waals surface area contributed by atoms with Crippen LogP contribution in [0.4, 0.5) is 21.1 Å². The first-order chi connectivity index (χ1) is 13.5. The van der Waals surface area contributed by atoms with Crippen LogP contribution in [-0.4, -0.2) is 39.0 Å². The summed E-state index contributed by atoms with van der Waals surface area (Å²) in [7, 11) is 1.74. The van der Waals surface area contributed by atoms with Crippen molar-refractivity contribution in [1.82, 2.24) is 14.7 Å². The summed E-state index contributed by atoms with van der Waals surface area (Å²) in [6.07, 6.45) is 0.191. The molecule has 156 valence electrons. The van der Waals surface area contributed by atoms with Crippen LogP contribution in [0.1, 0.15) is 32.0 Å². The zero-order valence-corrected chi connectivity index (χ0v) is 18.2. The number of amides is 3. The lowest BCUT2D eigenvalue weighted by molar-refractivity contribution is 0.0224. The fourth-order valence-corrected chi connectivity index (χ4v) is 3.28. The van der Waals surface area contributed by atoms with E-state index in [9.17, 15) is 9.59 Å². The SMILES string of the molecule is Cn1nc2c(c1NC(=O)Nc1ccc(Cl)c(Cl)c1)CN(C(=O)OC(C)(C)C)CC2. The number of hydrogen-bond acceptors (Lipinski definition) is 4. The van der Waals surface area contributed by atoms with Crippen molar-refractivity contribution >= 4 is 46.8 Å². The average molecular weight is 440 g/mol. The fraction of sp³-hybridized carbons (Fsp3) is 0.421. The minimum absolute atomic E-state index is 0.306. The predicted molar refractivity (Wildman–Crippen MR) is 113 cm³/mol. The largest absolute Gasteiger partial charge is 0.444 e. The number of carbonyl (C=O) groups excluding carboxylic acids is 2. The van der Waals surface area contributed by atoms with E-state index in [1.165, 1.54) is 0 Å². The molecule has 0 fully saturated rings. The van der Waals surface area contributed by atoms with Gasteiger partial charge >= 0.3 is 12.1 Å². The molecule has 1 aromatic carbocycles. The van der Waals surface area contributed by atoms with Crippen LogP contribution in [0.3, 0.4) is 0 Å². The number of aromatic nitrogens is 2. The highest BCUT2D eigenvalue weighted by Crippen LogP contribution is 2.28. The van der Waals surface area contributed by atoms with E-state index in [1.807, 2.05) is 20.8 Å². The molecular weight excluding hydrogens is 417 g/mol. The number of benzene rings is 1. The third kappa shape index (κ3) is 5.13. The maximum absolute atomic E-state index is 12.5. The first-order valence-electron chi connectivity index (χ1n) is 9.09. The van der Waals surface area contributed by atoms with Gasteiger partial charge in [-0.3, -0.25) is 10.00 Å². The Kier molecular flexibility index (Phi) is 5.95. The minimum atomic E-state index is -0.576.